The van der Waals surface area contributed by atoms with Crippen molar-refractivity contribution in [2.75, 3.05) is 62.2 Å². The molecule has 2 fully saturated rings. The Bertz CT molecular complexity index is 2820. The quantitative estimate of drug-likeness (QED) is 0.202. The summed E-state index contributed by atoms with van der Waals surface area (Å²) in [5.74, 6) is -0.639. The van der Waals surface area contributed by atoms with Crippen molar-refractivity contribution in [1.82, 2.24) is 25.0 Å². The van der Waals surface area contributed by atoms with Crippen LogP contribution in [-0.2, 0) is 0 Å². The number of hydrogen-bond donors (Lipinski definition) is 2. The summed E-state index contributed by atoms with van der Waals surface area (Å²) >= 11 is 0. The van der Waals surface area contributed by atoms with Gasteiger partial charge in [-0.2, -0.15) is 0 Å². The van der Waals surface area contributed by atoms with Crippen molar-refractivity contribution in [3.8, 4) is 22.7 Å². The van der Waals surface area contributed by atoms with Gasteiger partial charge in [-0.3, -0.25) is 0 Å². The van der Waals surface area contributed by atoms with Crippen molar-refractivity contribution in [2.45, 2.75) is 6.92 Å². The highest BCUT2D eigenvalue weighted by Crippen LogP contribution is 2.30. The lowest BCUT2D eigenvalue weighted by Gasteiger charge is -2.29. The molecule has 14 heteroatoms. The molecule has 0 bridgehead atoms. The van der Waals surface area contributed by atoms with Crippen LogP contribution in [0.15, 0.2) is 108 Å². The fourth-order valence-corrected chi connectivity index (χ4v) is 7.09. The predicted molar refractivity (Wildman–Crippen MR) is 207 cm³/mol. The van der Waals surface area contributed by atoms with E-state index in [9.17, 15) is 18.4 Å². The number of aromatic nitrogens is 3. The zero-order valence-corrected chi connectivity index (χ0v) is 29.8. The number of hydrogen-bond acceptors (Lipinski definition) is 11. The molecule has 278 valence electrons. The molecule has 0 spiro atoms. The van der Waals surface area contributed by atoms with Crippen LogP contribution in [0.1, 0.15) is 5.56 Å². The molecule has 0 amide bonds. The molecule has 55 heavy (non-hydrogen) atoms. The standard InChI is InChI=1S/C21H19FN4O2.C20H16FN3O3/c1-13-2-3-20-24-17(12-26(20)11-13)15-8-14-9-16(22)18(10-19(14)28-21(15)27)25-6-4-23-5-7-25;21-15-9-12(24-7-5-22-6-8-24)10-18-13(15)11-14(20(25)27-18)19-23-16-3-1-2-4-17(16)26-19/h2-3,8-12,23H,4-7H2,1H3;1-4,9-11,22H,5-8H2. The van der Waals surface area contributed by atoms with Crippen molar-refractivity contribution in [3.05, 3.63) is 123 Å². The Hall–Kier alpha value is -6.38. The highest BCUT2D eigenvalue weighted by atomic mass is 19.1. The molecule has 2 aliphatic rings. The van der Waals surface area contributed by atoms with E-state index in [0.29, 0.717) is 57.8 Å². The lowest BCUT2D eigenvalue weighted by molar-refractivity contribution is 0.547. The zero-order valence-electron chi connectivity index (χ0n) is 29.8. The molecule has 0 atom stereocenters. The number of aryl methyl sites for hydroxylation is 1. The third-order valence-electron chi connectivity index (χ3n) is 9.93. The minimum Gasteiger partial charge on any atom is -0.436 e. The summed E-state index contributed by atoms with van der Waals surface area (Å²) in [4.78, 5) is 37.9. The maximum Gasteiger partial charge on any atom is 0.349 e. The molecular formula is C41H35F2N7O5. The Balaban J connectivity index is 0.000000144. The lowest BCUT2D eigenvalue weighted by Crippen LogP contribution is -2.43. The van der Waals surface area contributed by atoms with Gasteiger partial charge in [0.25, 0.3) is 0 Å². The topological polar surface area (TPSA) is 134 Å². The first kappa shape index (κ1) is 34.4. The summed E-state index contributed by atoms with van der Waals surface area (Å²) in [5.41, 5.74) is 4.62. The van der Waals surface area contributed by atoms with Crippen LogP contribution in [0.2, 0.25) is 0 Å². The highest BCUT2D eigenvalue weighted by Gasteiger charge is 2.20. The van der Waals surface area contributed by atoms with E-state index in [-0.39, 0.29) is 28.2 Å². The van der Waals surface area contributed by atoms with Crippen molar-refractivity contribution in [2.24, 2.45) is 0 Å². The maximum absolute atomic E-state index is 14.8. The summed E-state index contributed by atoms with van der Waals surface area (Å²) in [7, 11) is 0. The lowest BCUT2D eigenvalue weighted by atomic mass is 10.1. The first-order valence-electron chi connectivity index (χ1n) is 18.1. The van der Waals surface area contributed by atoms with E-state index in [2.05, 4.69) is 25.5 Å². The Morgan fingerprint density at radius 1 is 0.673 bits per heavy atom. The van der Waals surface area contributed by atoms with E-state index in [1.807, 2.05) is 46.7 Å². The van der Waals surface area contributed by atoms with Gasteiger partial charge in [0, 0.05) is 88.0 Å². The van der Waals surface area contributed by atoms with Gasteiger partial charge in [-0.05, 0) is 55.0 Å². The number of fused-ring (bicyclic) bond motifs is 4. The second kappa shape index (κ2) is 14.1. The van der Waals surface area contributed by atoms with Gasteiger partial charge >= 0.3 is 11.3 Å². The van der Waals surface area contributed by atoms with E-state index in [1.54, 1.807) is 36.5 Å². The van der Waals surface area contributed by atoms with Crippen LogP contribution in [0.4, 0.5) is 20.2 Å². The van der Waals surface area contributed by atoms with E-state index >= 15 is 0 Å². The molecule has 7 heterocycles. The average Bonchev–Trinajstić information content (AvgIpc) is 3.82. The van der Waals surface area contributed by atoms with Gasteiger partial charge in [0.15, 0.2) is 5.58 Å². The molecule has 2 N–H and O–H groups in total. The third kappa shape index (κ3) is 6.70. The van der Waals surface area contributed by atoms with Gasteiger partial charge in [-0.1, -0.05) is 18.2 Å². The maximum atomic E-state index is 14.8. The molecule has 0 unspecified atom stereocenters. The monoisotopic (exact) mass is 743 g/mol. The SMILES string of the molecule is Cc1ccc2nc(-c3cc4cc(F)c(N5CCNCC5)cc4oc3=O)cn2c1.O=c1oc2cc(N3CCNCC3)cc(F)c2cc1-c1nc2ccccc2o1. The smallest absolute Gasteiger partial charge is 0.349 e. The van der Waals surface area contributed by atoms with E-state index in [4.69, 9.17) is 13.3 Å². The Kier molecular flexibility index (Phi) is 8.83. The fourth-order valence-electron chi connectivity index (χ4n) is 7.09. The molecule has 0 saturated carbocycles. The van der Waals surface area contributed by atoms with Crippen LogP contribution < -0.4 is 31.7 Å². The molecule has 2 aliphatic heterocycles. The van der Waals surface area contributed by atoms with Gasteiger partial charge in [0.05, 0.1) is 22.3 Å². The summed E-state index contributed by atoms with van der Waals surface area (Å²) < 4.78 is 48.0. The minimum absolute atomic E-state index is 0.104. The number of rotatable bonds is 4. The second-order valence-corrected chi connectivity index (χ2v) is 13.6. The summed E-state index contributed by atoms with van der Waals surface area (Å²) in [5, 5.41) is 7.27. The summed E-state index contributed by atoms with van der Waals surface area (Å²) in [6.07, 6.45) is 3.72. The normalized spacial score (nSPS) is 14.9. The predicted octanol–water partition coefficient (Wildman–Crippen LogP) is 6.11. The van der Waals surface area contributed by atoms with Gasteiger partial charge in [0.2, 0.25) is 5.89 Å². The van der Waals surface area contributed by atoms with E-state index in [0.717, 1.165) is 50.5 Å². The van der Waals surface area contributed by atoms with Gasteiger partial charge in [-0.15, -0.1) is 0 Å². The van der Waals surface area contributed by atoms with Crippen molar-refractivity contribution < 1.29 is 22.0 Å². The molecular weight excluding hydrogens is 708 g/mol. The van der Waals surface area contributed by atoms with Gasteiger partial charge in [0.1, 0.15) is 39.5 Å². The number of nitrogens with one attached hydrogen (secondary N) is 2. The zero-order chi connectivity index (χ0) is 37.6. The van der Waals surface area contributed by atoms with E-state index in [1.165, 1.54) is 18.2 Å². The first-order chi connectivity index (χ1) is 26.8. The number of benzene rings is 3. The molecule has 10 rings (SSSR count). The van der Waals surface area contributed by atoms with Gasteiger partial charge in [-0.25, -0.2) is 28.3 Å². The van der Waals surface area contributed by atoms with Crippen molar-refractivity contribution in [1.29, 1.82) is 0 Å². The average molecular weight is 744 g/mol. The Labute approximate surface area is 311 Å². The molecule has 0 aliphatic carbocycles. The number of piperazine rings is 2. The van der Waals surface area contributed by atoms with Crippen LogP contribution in [-0.4, -0.2) is 66.7 Å². The highest BCUT2D eigenvalue weighted by molar-refractivity contribution is 5.86. The number of anilines is 2. The number of para-hydroxylation sites is 2. The Morgan fingerprint density at radius 2 is 1.40 bits per heavy atom. The number of pyridine rings is 1. The number of halogens is 2. The number of imidazole rings is 1. The molecule has 5 aromatic heterocycles. The van der Waals surface area contributed by atoms with Gasteiger partial charge < -0.3 is 38.1 Å². The Morgan fingerprint density at radius 3 is 2.18 bits per heavy atom. The van der Waals surface area contributed by atoms with Crippen LogP contribution in [0, 0.1) is 18.6 Å². The molecule has 2 saturated heterocycles. The summed E-state index contributed by atoms with van der Waals surface area (Å²) in [6.45, 7) is 8.23. The molecule has 8 aromatic rings. The van der Waals surface area contributed by atoms with Crippen molar-refractivity contribution in [3.63, 3.8) is 0 Å². The van der Waals surface area contributed by atoms with Crippen molar-refractivity contribution >= 4 is 50.1 Å². The van der Waals surface area contributed by atoms with Crippen LogP contribution in [0.25, 0.3) is 61.4 Å². The molecule has 12 nitrogen and oxygen atoms in total. The minimum atomic E-state index is -0.606. The largest absolute Gasteiger partial charge is 0.436 e. The van der Waals surface area contributed by atoms with Crippen LogP contribution in [0.3, 0.4) is 0 Å². The van der Waals surface area contributed by atoms with Crippen LogP contribution >= 0.6 is 0 Å². The molecule has 0 radical (unpaired) electrons. The summed E-state index contributed by atoms with van der Waals surface area (Å²) in [6, 6.07) is 20.4. The first-order valence-corrected chi connectivity index (χ1v) is 18.1. The third-order valence-corrected chi connectivity index (χ3v) is 9.93. The number of oxazole rings is 1. The van der Waals surface area contributed by atoms with E-state index < -0.39 is 17.1 Å². The second-order valence-electron chi connectivity index (χ2n) is 13.6. The molecule has 3 aromatic carbocycles. The van der Waals surface area contributed by atoms with Crippen LogP contribution in [0.5, 0.6) is 0 Å². The fraction of sp³-hybridized carbons (Fsp3) is 0.220. The number of nitrogens with zero attached hydrogens (tertiary/aromatic N) is 5.